The first kappa shape index (κ1) is 22.6. The molecule has 0 atom stereocenters. The topological polar surface area (TPSA) is 68.3 Å². The van der Waals surface area contributed by atoms with Crippen LogP contribution in [0.15, 0.2) is 47.1 Å². The van der Waals surface area contributed by atoms with Crippen LogP contribution in [-0.2, 0) is 12.0 Å². The van der Waals surface area contributed by atoms with Gasteiger partial charge in [0.25, 0.3) is 0 Å². The summed E-state index contributed by atoms with van der Waals surface area (Å²) in [5, 5.41) is 9.93. The molecule has 2 aromatic carbocycles. The third kappa shape index (κ3) is 5.14. The number of nitrogens with zero attached hydrogens (tertiary/aromatic N) is 2. The van der Waals surface area contributed by atoms with E-state index in [1.807, 2.05) is 30.3 Å². The number of oxazole rings is 1. The van der Waals surface area contributed by atoms with Gasteiger partial charge in [0.15, 0.2) is 18.1 Å². The van der Waals surface area contributed by atoms with Crippen molar-refractivity contribution in [1.82, 2.24) is 4.98 Å². The number of alkyl halides is 1. The smallest absolute Gasteiger partial charge is 0.233 e. The van der Waals surface area contributed by atoms with Crippen LogP contribution >= 0.6 is 23.2 Å². The Morgan fingerprint density at radius 3 is 2.52 bits per heavy atom. The second kappa shape index (κ2) is 9.79. The van der Waals surface area contributed by atoms with Gasteiger partial charge in [-0.3, -0.25) is 0 Å². The van der Waals surface area contributed by atoms with Crippen molar-refractivity contribution in [2.75, 3.05) is 12.5 Å². The Bertz CT molecular complexity index is 1140. The Morgan fingerprint density at radius 1 is 1.16 bits per heavy atom. The Kier molecular flexibility index (Phi) is 7.13. The molecule has 0 aliphatic heterocycles. The van der Waals surface area contributed by atoms with Crippen molar-refractivity contribution in [2.24, 2.45) is 0 Å². The fourth-order valence-corrected chi connectivity index (χ4v) is 3.40. The molecule has 7 heteroatoms. The lowest BCUT2D eigenvalue weighted by atomic mass is 9.77. The number of ether oxygens (including phenoxy) is 2. The minimum Gasteiger partial charge on any atom is -0.489 e. The number of hydrogen-bond donors (Lipinski definition) is 0. The van der Waals surface area contributed by atoms with Crippen molar-refractivity contribution in [3.05, 3.63) is 76.0 Å². The van der Waals surface area contributed by atoms with Crippen LogP contribution in [0.2, 0.25) is 5.02 Å². The molecule has 0 N–H and O–H groups in total. The van der Waals surface area contributed by atoms with E-state index in [4.69, 9.17) is 43.5 Å². The van der Waals surface area contributed by atoms with Crippen molar-refractivity contribution in [1.29, 1.82) is 5.26 Å². The van der Waals surface area contributed by atoms with Crippen LogP contribution in [0, 0.1) is 23.7 Å². The number of aromatic nitrogens is 1. The number of benzene rings is 2. The number of nitriles is 1. The molecule has 1 heterocycles. The molecule has 0 unspecified atom stereocenters. The second-order valence-electron chi connectivity index (χ2n) is 7.19. The predicted octanol–water partition coefficient (Wildman–Crippen LogP) is 5.70. The van der Waals surface area contributed by atoms with Gasteiger partial charge >= 0.3 is 0 Å². The Balaban J connectivity index is 1.79. The third-order valence-corrected chi connectivity index (χ3v) is 5.28. The maximum Gasteiger partial charge on any atom is 0.233 e. The number of rotatable bonds is 8. The van der Waals surface area contributed by atoms with Gasteiger partial charge in [-0.1, -0.05) is 37.6 Å². The van der Waals surface area contributed by atoms with Crippen LogP contribution in [-0.4, -0.2) is 17.5 Å². The van der Waals surface area contributed by atoms with Gasteiger partial charge in [0, 0.05) is 5.41 Å². The van der Waals surface area contributed by atoms with Gasteiger partial charge in [0.1, 0.15) is 24.7 Å². The minimum atomic E-state index is -0.414. The lowest BCUT2D eigenvalue weighted by molar-refractivity contribution is 0.263. The summed E-state index contributed by atoms with van der Waals surface area (Å²) in [6.07, 6.45) is 6.69. The quantitative estimate of drug-likeness (QED) is 0.322. The summed E-state index contributed by atoms with van der Waals surface area (Å²) in [7, 11) is 0. The van der Waals surface area contributed by atoms with E-state index in [-0.39, 0.29) is 13.2 Å². The summed E-state index contributed by atoms with van der Waals surface area (Å²) < 4.78 is 16.5. The molecular weight excluding hydrogens is 435 g/mol. The molecule has 31 heavy (non-hydrogen) atoms. The van der Waals surface area contributed by atoms with Crippen LogP contribution in [0.4, 0.5) is 0 Å². The average molecular weight is 455 g/mol. The van der Waals surface area contributed by atoms with E-state index in [1.54, 1.807) is 6.07 Å². The highest BCUT2D eigenvalue weighted by atomic mass is 35.5. The van der Waals surface area contributed by atoms with E-state index in [2.05, 4.69) is 30.8 Å². The number of terminal acetylenes is 1. The molecule has 3 aromatic rings. The molecule has 1 aromatic heterocycles. The van der Waals surface area contributed by atoms with Crippen LogP contribution in [0.5, 0.6) is 11.5 Å². The summed E-state index contributed by atoms with van der Waals surface area (Å²) in [5.74, 6) is 4.15. The van der Waals surface area contributed by atoms with E-state index in [0.717, 1.165) is 11.1 Å². The summed E-state index contributed by atoms with van der Waals surface area (Å²) in [5.41, 5.74) is 2.31. The van der Waals surface area contributed by atoms with Crippen molar-refractivity contribution in [3.63, 3.8) is 0 Å². The normalized spacial score (nSPS) is 10.9. The van der Waals surface area contributed by atoms with Crippen LogP contribution in [0.3, 0.4) is 0 Å². The molecule has 0 bridgehead atoms. The van der Waals surface area contributed by atoms with Gasteiger partial charge in [0.05, 0.1) is 16.5 Å². The Labute approximate surface area is 191 Å². The minimum absolute atomic E-state index is 0.176. The first-order chi connectivity index (χ1) is 14.9. The molecule has 0 aliphatic carbocycles. The highest BCUT2D eigenvalue weighted by Gasteiger charge is 2.26. The maximum atomic E-state index is 9.55. The van der Waals surface area contributed by atoms with Crippen LogP contribution in [0.25, 0.3) is 0 Å². The summed E-state index contributed by atoms with van der Waals surface area (Å²) in [6, 6.07) is 13.4. The molecule has 3 rings (SSSR count). The molecule has 0 saturated carbocycles. The SMILES string of the molecule is C#Cc1coc(COc2ccc(C(C)(C)c3cc(Cl)c(OCCCl)c(C#N)c3)cc2)n1. The average Bonchev–Trinajstić information content (AvgIpc) is 3.24. The van der Waals surface area contributed by atoms with Gasteiger partial charge in [-0.25, -0.2) is 4.98 Å². The van der Waals surface area contributed by atoms with Gasteiger partial charge in [-0.2, -0.15) is 5.26 Å². The second-order valence-corrected chi connectivity index (χ2v) is 7.98. The number of hydrogen-bond acceptors (Lipinski definition) is 5. The molecule has 158 valence electrons. The van der Waals surface area contributed by atoms with Gasteiger partial charge in [-0.15, -0.1) is 18.0 Å². The molecule has 0 amide bonds. The molecule has 0 radical (unpaired) electrons. The summed E-state index contributed by atoms with van der Waals surface area (Å²) in [6.45, 7) is 4.57. The zero-order valence-electron chi connectivity index (χ0n) is 17.1. The standard InChI is InChI=1S/C24H20Cl2N2O3/c1-4-19-14-31-22(28-19)15-30-20-7-5-17(6-8-20)24(2,3)18-11-16(13-27)23(21(26)12-18)29-10-9-25/h1,5-8,11-12,14H,9-10,15H2,2-3H3. The predicted molar refractivity (Wildman–Crippen MR) is 120 cm³/mol. The van der Waals surface area contributed by atoms with Gasteiger partial charge in [-0.05, 0) is 41.3 Å². The van der Waals surface area contributed by atoms with E-state index in [1.165, 1.54) is 6.26 Å². The van der Waals surface area contributed by atoms with Crippen molar-refractivity contribution >= 4 is 23.2 Å². The number of halogens is 2. The zero-order chi connectivity index (χ0) is 22.4. The van der Waals surface area contributed by atoms with E-state index in [0.29, 0.717) is 39.5 Å². The lowest BCUT2D eigenvalue weighted by Gasteiger charge is -2.27. The van der Waals surface area contributed by atoms with Crippen LogP contribution < -0.4 is 9.47 Å². The van der Waals surface area contributed by atoms with Crippen molar-refractivity contribution in [3.8, 4) is 29.9 Å². The fraction of sp³-hybridized carbons (Fsp3) is 0.250. The molecule has 0 aliphatic rings. The Morgan fingerprint density at radius 2 is 1.90 bits per heavy atom. The summed E-state index contributed by atoms with van der Waals surface area (Å²) >= 11 is 12.1. The molecular formula is C24H20Cl2N2O3. The van der Waals surface area contributed by atoms with E-state index < -0.39 is 5.41 Å². The first-order valence-corrected chi connectivity index (χ1v) is 10.4. The zero-order valence-corrected chi connectivity index (χ0v) is 18.6. The fourth-order valence-electron chi connectivity index (χ4n) is 3.05. The maximum absolute atomic E-state index is 9.55. The molecule has 0 fully saturated rings. The van der Waals surface area contributed by atoms with Crippen molar-refractivity contribution < 1.29 is 13.9 Å². The van der Waals surface area contributed by atoms with Crippen molar-refractivity contribution in [2.45, 2.75) is 25.9 Å². The van der Waals surface area contributed by atoms with Crippen LogP contribution in [0.1, 0.15) is 42.1 Å². The first-order valence-electron chi connectivity index (χ1n) is 9.46. The van der Waals surface area contributed by atoms with Gasteiger partial charge in [0.2, 0.25) is 5.89 Å². The monoisotopic (exact) mass is 454 g/mol. The molecule has 0 saturated heterocycles. The molecule has 0 spiro atoms. The molecule has 5 nitrogen and oxygen atoms in total. The third-order valence-electron chi connectivity index (χ3n) is 4.85. The van der Waals surface area contributed by atoms with E-state index >= 15 is 0 Å². The largest absolute Gasteiger partial charge is 0.489 e. The highest BCUT2D eigenvalue weighted by molar-refractivity contribution is 6.32. The lowest BCUT2D eigenvalue weighted by Crippen LogP contribution is -2.19. The Hall–Kier alpha value is -3.12. The summed E-state index contributed by atoms with van der Waals surface area (Å²) in [4.78, 5) is 4.11. The van der Waals surface area contributed by atoms with Gasteiger partial charge < -0.3 is 13.9 Å². The van der Waals surface area contributed by atoms with E-state index in [9.17, 15) is 5.26 Å². The highest BCUT2D eigenvalue weighted by Crippen LogP contribution is 2.38.